The van der Waals surface area contributed by atoms with Crippen LogP contribution in [0.1, 0.15) is 6.42 Å². The van der Waals surface area contributed by atoms with Crippen molar-refractivity contribution in [1.29, 1.82) is 0 Å². The molecule has 1 unspecified atom stereocenters. The molecule has 1 rings (SSSR count). The zero-order valence-corrected chi connectivity index (χ0v) is 6.17. The van der Waals surface area contributed by atoms with Gasteiger partial charge in [0.2, 0.25) is 0 Å². The molecular weight excluding hydrogens is 148 g/mol. The molecule has 0 aliphatic heterocycles. The van der Waals surface area contributed by atoms with Crippen LogP contribution in [-0.4, -0.2) is 8.76 Å². The third-order valence-electron chi connectivity index (χ3n) is 1.15. The fourth-order valence-electron chi connectivity index (χ4n) is 0.676. The second-order valence-corrected chi connectivity index (χ2v) is 2.85. The minimum Gasteiger partial charge on any atom is -0.302 e. The molecule has 0 amide bonds. The summed E-state index contributed by atoms with van der Waals surface area (Å²) in [4.78, 5) is 0.453. The lowest BCUT2D eigenvalue weighted by Crippen LogP contribution is -1.87. The third-order valence-corrected chi connectivity index (χ3v) is 1.83. The van der Waals surface area contributed by atoms with Crippen molar-refractivity contribution >= 4 is 11.1 Å². The van der Waals surface area contributed by atoms with Crippen LogP contribution < -0.4 is 0 Å². The topological polar surface area (TPSA) is 37.3 Å². The molecule has 1 aliphatic carbocycles. The van der Waals surface area contributed by atoms with Gasteiger partial charge in [-0.1, -0.05) is 18.2 Å². The summed E-state index contributed by atoms with van der Waals surface area (Å²) in [6, 6.07) is 0. The highest BCUT2D eigenvalue weighted by atomic mass is 32.2. The number of allylic oxidation sites excluding steroid dienone is 5. The van der Waals surface area contributed by atoms with Gasteiger partial charge >= 0.3 is 0 Å². The molecule has 0 heterocycles. The molecule has 1 aliphatic rings. The molecule has 0 bridgehead atoms. The van der Waals surface area contributed by atoms with Crippen molar-refractivity contribution in [3.63, 3.8) is 0 Å². The van der Waals surface area contributed by atoms with Crippen LogP contribution in [0, 0.1) is 0 Å². The molecule has 0 aromatic rings. The van der Waals surface area contributed by atoms with Crippen LogP contribution in [0.3, 0.4) is 0 Å². The lowest BCUT2D eigenvalue weighted by Gasteiger charge is -1.89. The van der Waals surface area contributed by atoms with Gasteiger partial charge in [-0.2, -0.15) is 0 Å². The molecule has 3 heteroatoms. The molecule has 54 valence electrons. The average molecular weight is 156 g/mol. The summed E-state index contributed by atoms with van der Waals surface area (Å²) in [5.41, 5.74) is 0. The zero-order chi connectivity index (χ0) is 7.40. The summed E-state index contributed by atoms with van der Waals surface area (Å²) >= 11 is -1.84. The lowest BCUT2D eigenvalue weighted by atomic mass is 10.4. The van der Waals surface area contributed by atoms with Crippen LogP contribution >= 0.6 is 0 Å². The first-order chi connectivity index (χ1) is 4.80. The molecule has 1 atom stereocenters. The number of rotatable bonds is 1. The van der Waals surface area contributed by atoms with Gasteiger partial charge in [0.05, 0.1) is 4.91 Å². The van der Waals surface area contributed by atoms with Crippen LogP contribution in [0.25, 0.3) is 0 Å². The van der Waals surface area contributed by atoms with Gasteiger partial charge in [0.25, 0.3) is 0 Å². The van der Waals surface area contributed by atoms with E-state index in [1.165, 1.54) is 0 Å². The van der Waals surface area contributed by atoms with Gasteiger partial charge in [-0.15, -0.1) is 0 Å². The second kappa shape index (κ2) is 3.49. The van der Waals surface area contributed by atoms with E-state index >= 15 is 0 Å². The van der Waals surface area contributed by atoms with Crippen LogP contribution in [0.2, 0.25) is 0 Å². The number of hydrogen-bond donors (Lipinski definition) is 1. The van der Waals surface area contributed by atoms with Gasteiger partial charge in [-0.25, -0.2) is 4.21 Å². The third kappa shape index (κ3) is 1.93. The molecule has 0 aromatic carbocycles. The molecule has 0 saturated heterocycles. The molecule has 0 fully saturated rings. The minimum absolute atomic E-state index is 0.453. The predicted molar refractivity (Wildman–Crippen MR) is 41.8 cm³/mol. The Morgan fingerprint density at radius 1 is 1.50 bits per heavy atom. The van der Waals surface area contributed by atoms with E-state index in [9.17, 15) is 4.21 Å². The normalized spacial score (nSPS) is 19.9. The van der Waals surface area contributed by atoms with Crippen molar-refractivity contribution in [1.82, 2.24) is 0 Å². The molecular formula is C7H8O2S. The summed E-state index contributed by atoms with van der Waals surface area (Å²) in [5.74, 6) is 0. The monoisotopic (exact) mass is 156 g/mol. The highest BCUT2D eigenvalue weighted by Crippen LogP contribution is 2.06. The largest absolute Gasteiger partial charge is 0.302 e. The Labute approximate surface area is 62.2 Å². The first-order valence-electron chi connectivity index (χ1n) is 2.95. The Hall–Kier alpha value is -0.670. The maximum absolute atomic E-state index is 10.5. The van der Waals surface area contributed by atoms with E-state index in [-0.39, 0.29) is 0 Å². The predicted octanol–water partition coefficient (Wildman–Crippen LogP) is 1.61. The van der Waals surface area contributed by atoms with Crippen molar-refractivity contribution in [3.05, 3.63) is 35.3 Å². The average Bonchev–Trinajstić information content (AvgIpc) is 2.12. The van der Waals surface area contributed by atoms with Gasteiger partial charge in [0.15, 0.2) is 11.1 Å². The Morgan fingerprint density at radius 2 is 2.30 bits per heavy atom. The van der Waals surface area contributed by atoms with E-state index in [1.807, 2.05) is 12.2 Å². The van der Waals surface area contributed by atoms with Crippen molar-refractivity contribution in [2.24, 2.45) is 0 Å². The van der Waals surface area contributed by atoms with Crippen molar-refractivity contribution in [3.8, 4) is 0 Å². The van der Waals surface area contributed by atoms with Gasteiger partial charge in [0.1, 0.15) is 0 Å². The maximum Gasteiger partial charge on any atom is 0.186 e. The fourth-order valence-corrected chi connectivity index (χ4v) is 1.08. The van der Waals surface area contributed by atoms with Crippen molar-refractivity contribution in [2.45, 2.75) is 6.42 Å². The van der Waals surface area contributed by atoms with Crippen molar-refractivity contribution < 1.29 is 8.76 Å². The Balaban J connectivity index is 2.83. The van der Waals surface area contributed by atoms with E-state index in [0.717, 1.165) is 6.42 Å². The zero-order valence-electron chi connectivity index (χ0n) is 5.36. The minimum atomic E-state index is -1.84. The van der Waals surface area contributed by atoms with Crippen LogP contribution in [0.5, 0.6) is 0 Å². The summed E-state index contributed by atoms with van der Waals surface area (Å²) in [7, 11) is 0. The van der Waals surface area contributed by atoms with Crippen LogP contribution in [-0.2, 0) is 11.1 Å². The first-order valence-corrected chi connectivity index (χ1v) is 4.05. The molecule has 1 N–H and O–H groups in total. The smallest absolute Gasteiger partial charge is 0.186 e. The van der Waals surface area contributed by atoms with E-state index in [4.69, 9.17) is 4.55 Å². The Bertz CT molecular complexity index is 226. The highest BCUT2D eigenvalue weighted by molar-refractivity contribution is 7.83. The SMILES string of the molecule is O=S(O)C1=CC=CCC=C1. The van der Waals surface area contributed by atoms with Crippen LogP contribution in [0.4, 0.5) is 0 Å². The first kappa shape index (κ1) is 7.44. The summed E-state index contributed by atoms with van der Waals surface area (Å²) in [5, 5.41) is 0. The highest BCUT2D eigenvalue weighted by Gasteiger charge is 1.97. The summed E-state index contributed by atoms with van der Waals surface area (Å²) in [6.07, 6.45) is 9.69. The van der Waals surface area contributed by atoms with Crippen LogP contribution in [0.15, 0.2) is 35.3 Å². The number of hydrogen-bond acceptors (Lipinski definition) is 1. The standard InChI is InChI=1S/C7H8O2S/c8-10(9)7-5-3-1-2-4-6-7/h1,3-6H,2H2,(H,8,9). The molecule has 10 heavy (non-hydrogen) atoms. The quantitative estimate of drug-likeness (QED) is 0.585. The van der Waals surface area contributed by atoms with Crippen molar-refractivity contribution in [2.75, 3.05) is 0 Å². The Kier molecular flexibility index (Phi) is 2.59. The van der Waals surface area contributed by atoms with Gasteiger partial charge in [-0.05, 0) is 18.6 Å². The van der Waals surface area contributed by atoms with Gasteiger partial charge in [-0.3, -0.25) is 0 Å². The van der Waals surface area contributed by atoms with E-state index in [0.29, 0.717) is 4.91 Å². The fraction of sp³-hybridized carbons (Fsp3) is 0.143. The Morgan fingerprint density at radius 3 is 3.00 bits per heavy atom. The van der Waals surface area contributed by atoms with E-state index in [1.54, 1.807) is 18.2 Å². The van der Waals surface area contributed by atoms with E-state index < -0.39 is 11.1 Å². The lowest BCUT2D eigenvalue weighted by molar-refractivity contribution is 0.572. The molecule has 0 saturated carbocycles. The van der Waals surface area contributed by atoms with Gasteiger partial charge in [0, 0.05) is 0 Å². The molecule has 2 nitrogen and oxygen atoms in total. The molecule has 0 spiro atoms. The molecule has 0 radical (unpaired) electrons. The van der Waals surface area contributed by atoms with Gasteiger partial charge < -0.3 is 4.55 Å². The van der Waals surface area contributed by atoms with E-state index in [2.05, 4.69) is 0 Å². The maximum atomic E-state index is 10.5. The summed E-state index contributed by atoms with van der Waals surface area (Å²) in [6.45, 7) is 0. The summed E-state index contributed by atoms with van der Waals surface area (Å²) < 4.78 is 19.1. The second-order valence-electron chi connectivity index (χ2n) is 1.88. The molecule has 0 aromatic heterocycles.